The molecular formula is C14H13FN2O2. The van der Waals surface area contributed by atoms with Crippen LogP contribution in [-0.2, 0) is 4.74 Å². The molecule has 1 heterocycles. The number of benzene rings is 1. The van der Waals surface area contributed by atoms with Crippen molar-refractivity contribution in [3.8, 4) is 11.1 Å². The monoisotopic (exact) mass is 260 g/mol. The van der Waals surface area contributed by atoms with Crippen molar-refractivity contribution in [1.29, 1.82) is 0 Å². The number of hydrogen-bond donors (Lipinski definition) is 1. The highest BCUT2D eigenvalue weighted by molar-refractivity contribution is 5.97. The number of halogens is 1. The molecular weight excluding hydrogens is 247 g/mol. The van der Waals surface area contributed by atoms with E-state index in [1.807, 2.05) is 0 Å². The molecule has 0 aliphatic rings. The van der Waals surface area contributed by atoms with E-state index >= 15 is 0 Å². The summed E-state index contributed by atoms with van der Waals surface area (Å²) in [6.07, 6.45) is 1.37. The van der Waals surface area contributed by atoms with Gasteiger partial charge in [0.05, 0.1) is 12.7 Å². The van der Waals surface area contributed by atoms with Gasteiger partial charge in [0.1, 0.15) is 11.6 Å². The Labute approximate surface area is 110 Å². The number of nitrogens with two attached hydrogens (primary N) is 1. The zero-order chi connectivity index (χ0) is 14.0. The molecule has 0 aliphatic carbocycles. The Hall–Kier alpha value is -2.43. The van der Waals surface area contributed by atoms with Gasteiger partial charge < -0.3 is 10.5 Å². The molecule has 0 fully saturated rings. The second kappa shape index (κ2) is 5.06. The predicted octanol–water partition coefficient (Wildman–Crippen LogP) is 2.56. The third kappa shape index (κ3) is 2.40. The van der Waals surface area contributed by atoms with Crippen molar-refractivity contribution in [2.24, 2.45) is 0 Å². The highest BCUT2D eigenvalue weighted by Gasteiger charge is 2.17. The first kappa shape index (κ1) is 13.0. The average molecular weight is 260 g/mol. The van der Waals surface area contributed by atoms with Crippen LogP contribution in [0.4, 0.5) is 10.2 Å². The fraction of sp³-hybridized carbons (Fsp3) is 0.143. The smallest absolute Gasteiger partial charge is 0.338 e. The van der Waals surface area contributed by atoms with E-state index < -0.39 is 5.97 Å². The van der Waals surface area contributed by atoms with Gasteiger partial charge in [-0.2, -0.15) is 0 Å². The predicted molar refractivity (Wildman–Crippen MR) is 70.1 cm³/mol. The number of hydrogen-bond acceptors (Lipinski definition) is 4. The largest absolute Gasteiger partial charge is 0.465 e. The van der Waals surface area contributed by atoms with Gasteiger partial charge in [0.25, 0.3) is 0 Å². The summed E-state index contributed by atoms with van der Waals surface area (Å²) in [6, 6.07) is 6.33. The molecule has 0 aliphatic heterocycles. The number of ether oxygens (including phenoxy) is 1. The first-order valence-electron chi connectivity index (χ1n) is 5.64. The Morgan fingerprint density at radius 2 is 2.11 bits per heavy atom. The number of nitrogens with zero attached hydrogens (tertiary/aromatic N) is 1. The zero-order valence-corrected chi connectivity index (χ0v) is 10.6. The summed E-state index contributed by atoms with van der Waals surface area (Å²) in [6.45, 7) is 1.65. The molecule has 2 rings (SSSR count). The second-order valence-electron chi connectivity index (χ2n) is 4.08. The molecule has 0 atom stereocenters. The van der Waals surface area contributed by atoms with Gasteiger partial charge in [-0.1, -0.05) is 18.2 Å². The van der Waals surface area contributed by atoms with Gasteiger partial charge in [0.15, 0.2) is 0 Å². The van der Waals surface area contributed by atoms with Crippen LogP contribution >= 0.6 is 0 Å². The van der Waals surface area contributed by atoms with Crippen LogP contribution in [0.15, 0.2) is 30.5 Å². The minimum Gasteiger partial charge on any atom is -0.465 e. The topological polar surface area (TPSA) is 65.2 Å². The number of rotatable bonds is 2. The fourth-order valence-corrected chi connectivity index (χ4v) is 1.82. The van der Waals surface area contributed by atoms with Crippen molar-refractivity contribution in [1.82, 2.24) is 4.98 Å². The van der Waals surface area contributed by atoms with Gasteiger partial charge in [0, 0.05) is 17.3 Å². The van der Waals surface area contributed by atoms with Crippen LogP contribution < -0.4 is 5.73 Å². The van der Waals surface area contributed by atoms with Gasteiger partial charge in [-0.05, 0) is 18.6 Å². The van der Waals surface area contributed by atoms with E-state index in [9.17, 15) is 9.18 Å². The van der Waals surface area contributed by atoms with Crippen molar-refractivity contribution < 1.29 is 13.9 Å². The van der Waals surface area contributed by atoms with Crippen LogP contribution in [0.1, 0.15) is 15.9 Å². The number of aromatic nitrogens is 1. The Balaban J connectivity index is 2.68. The van der Waals surface area contributed by atoms with Crippen molar-refractivity contribution in [2.75, 3.05) is 12.8 Å². The summed E-state index contributed by atoms with van der Waals surface area (Å²) in [5.74, 6) is -0.790. The lowest BCUT2D eigenvalue weighted by atomic mass is 9.99. The molecule has 0 bridgehead atoms. The van der Waals surface area contributed by atoms with E-state index in [-0.39, 0.29) is 17.2 Å². The third-order valence-electron chi connectivity index (χ3n) is 2.81. The first-order valence-corrected chi connectivity index (χ1v) is 5.64. The van der Waals surface area contributed by atoms with E-state index in [1.165, 1.54) is 19.4 Å². The number of esters is 1. The average Bonchev–Trinajstić information content (AvgIpc) is 2.41. The van der Waals surface area contributed by atoms with Crippen molar-refractivity contribution in [2.45, 2.75) is 6.92 Å². The normalized spacial score (nSPS) is 10.3. The number of methoxy groups -OCH3 is 1. The van der Waals surface area contributed by atoms with Crippen LogP contribution in [0.2, 0.25) is 0 Å². The Morgan fingerprint density at radius 3 is 2.79 bits per heavy atom. The summed E-state index contributed by atoms with van der Waals surface area (Å²) >= 11 is 0. The van der Waals surface area contributed by atoms with Crippen molar-refractivity contribution >= 4 is 11.8 Å². The van der Waals surface area contributed by atoms with Crippen LogP contribution in [0.3, 0.4) is 0 Å². The lowest BCUT2D eigenvalue weighted by Crippen LogP contribution is -2.06. The number of nitrogen functional groups attached to an aromatic ring is 1. The van der Waals surface area contributed by atoms with Gasteiger partial charge in [0.2, 0.25) is 0 Å². The molecule has 19 heavy (non-hydrogen) atoms. The molecule has 2 N–H and O–H groups in total. The van der Waals surface area contributed by atoms with Gasteiger partial charge in [-0.15, -0.1) is 0 Å². The van der Waals surface area contributed by atoms with Gasteiger partial charge in [-0.25, -0.2) is 14.2 Å². The van der Waals surface area contributed by atoms with Gasteiger partial charge >= 0.3 is 5.97 Å². The minimum atomic E-state index is -0.579. The van der Waals surface area contributed by atoms with Crippen molar-refractivity contribution in [3.63, 3.8) is 0 Å². The highest BCUT2D eigenvalue weighted by atomic mass is 19.1. The Kier molecular flexibility index (Phi) is 3.46. The molecule has 0 saturated heterocycles. The minimum absolute atomic E-state index is 0.178. The molecule has 4 nitrogen and oxygen atoms in total. The molecule has 1 aromatic carbocycles. The summed E-state index contributed by atoms with van der Waals surface area (Å²) in [4.78, 5) is 15.6. The SMILES string of the molecule is COC(=O)c1cc(N)ncc1-c1cccc(C)c1F. The lowest BCUT2D eigenvalue weighted by molar-refractivity contribution is 0.0601. The molecule has 2 aromatic rings. The Morgan fingerprint density at radius 1 is 1.37 bits per heavy atom. The molecule has 0 radical (unpaired) electrons. The van der Waals surface area contributed by atoms with Crippen LogP contribution in [0.25, 0.3) is 11.1 Å². The molecule has 0 unspecified atom stereocenters. The molecule has 5 heteroatoms. The highest BCUT2D eigenvalue weighted by Crippen LogP contribution is 2.28. The van der Waals surface area contributed by atoms with Crippen LogP contribution in [-0.4, -0.2) is 18.1 Å². The van der Waals surface area contributed by atoms with E-state index in [2.05, 4.69) is 9.72 Å². The Bertz CT molecular complexity index is 641. The van der Waals surface area contributed by atoms with E-state index in [4.69, 9.17) is 5.73 Å². The second-order valence-corrected chi connectivity index (χ2v) is 4.08. The van der Waals surface area contributed by atoms with Crippen LogP contribution in [0.5, 0.6) is 0 Å². The zero-order valence-electron chi connectivity index (χ0n) is 10.6. The number of carbonyl (C=O) groups excluding carboxylic acids is 1. The third-order valence-corrected chi connectivity index (χ3v) is 2.81. The fourth-order valence-electron chi connectivity index (χ4n) is 1.82. The first-order chi connectivity index (χ1) is 9.04. The maximum Gasteiger partial charge on any atom is 0.338 e. The van der Waals surface area contributed by atoms with Crippen molar-refractivity contribution in [3.05, 3.63) is 47.4 Å². The summed E-state index contributed by atoms with van der Waals surface area (Å²) < 4.78 is 18.8. The molecule has 0 amide bonds. The number of aryl methyl sites for hydroxylation is 1. The molecule has 1 aromatic heterocycles. The maximum atomic E-state index is 14.1. The molecule has 0 saturated carbocycles. The van der Waals surface area contributed by atoms with Gasteiger partial charge in [-0.3, -0.25) is 0 Å². The number of anilines is 1. The van der Waals surface area contributed by atoms with E-state index in [0.717, 1.165) is 0 Å². The summed E-state index contributed by atoms with van der Waals surface area (Å²) in [7, 11) is 1.26. The number of carbonyl (C=O) groups is 1. The van der Waals surface area contributed by atoms with Crippen LogP contribution in [0, 0.1) is 12.7 Å². The summed E-state index contributed by atoms with van der Waals surface area (Å²) in [5, 5.41) is 0. The molecule has 0 spiro atoms. The maximum absolute atomic E-state index is 14.1. The lowest BCUT2D eigenvalue weighted by Gasteiger charge is -2.10. The van der Waals surface area contributed by atoms with E-state index in [1.54, 1.807) is 25.1 Å². The number of pyridine rings is 1. The standard InChI is InChI=1S/C14H13FN2O2/c1-8-4-3-5-9(13(8)15)11-7-17-12(16)6-10(11)14(18)19-2/h3-7H,1-2H3,(H2,16,17). The summed E-state index contributed by atoms with van der Waals surface area (Å²) in [5.41, 5.74) is 6.90. The quantitative estimate of drug-likeness (QED) is 0.843. The molecule has 98 valence electrons. The van der Waals surface area contributed by atoms with E-state index in [0.29, 0.717) is 16.7 Å².